The maximum absolute atomic E-state index is 12.9. The van der Waals surface area contributed by atoms with E-state index in [2.05, 4.69) is 20.9 Å². The number of amides is 1. The number of ether oxygens (including phenoxy) is 2. The summed E-state index contributed by atoms with van der Waals surface area (Å²) in [6, 6.07) is 12.1. The van der Waals surface area contributed by atoms with Crippen LogP contribution in [0.1, 0.15) is 10.4 Å². The monoisotopic (exact) mass is 510 g/mol. The Hall–Kier alpha value is -2.04. The van der Waals surface area contributed by atoms with Gasteiger partial charge in [-0.2, -0.15) is 4.99 Å². The van der Waals surface area contributed by atoms with Crippen molar-refractivity contribution in [3.8, 4) is 11.5 Å². The zero-order valence-corrected chi connectivity index (χ0v) is 19.5. The zero-order valence-electron chi connectivity index (χ0n) is 16.2. The van der Waals surface area contributed by atoms with Gasteiger partial charge in [-0.15, -0.1) is 0 Å². The standard InChI is InChI=1S/C20H19BrN2O5S2/c1-27-16-7-6-12(8-17(16)28-2)19(24)22-20-23(14-5-3-4-13(21)9-14)15-10-30(25,26)11-18(15)29-20/h3-9,15,18H,10-11H2,1-2H3/t15-,18-/m0/s1. The molecule has 158 valence electrons. The van der Waals surface area contributed by atoms with Gasteiger partial charge in [0.2, 0.25) is 0 Å². The van der Waals surface area contributed by atoms with Gasteiger partial charge in [-0.05, 0) is 36.4 Å². The van der Waals surface area contributed by atoms with Crippen molar-refractivity contribution in [1.82, 2.24) is 0 Å². The number of rotatable bonds is 4. The van der Waals surface area contributed by atoms with Crippen molar-refractivity contribution in [2.24, 2.45) is 4.99 Å². The van der Waals surface area contributed by atoms with Gasteiger partial charge in [0, 0.05) is 21.0 Å². The fourth-order valence-corrected chi connectivity index (χ4v) is 7.91. The first-order valence-electron chi connectivity index (χ1n) is 9.08. The molecule has 0 saturated carbocycles. The van der Waals surface area contributed by atoms with E-state index in [1.807, 2.05) is 29.2 Å². The highest BCUT2D eigenvalue weighted by atomic mass is 79.9. The van der Waals surface area contributed by atoms with Crippen LogP contribution in [-0.2, 0) is 9.84 Å². The lowest BCUT2D eigenvalue weighted by Crippen LogP contribution is -2.37. The molecule has 2 aromatic carbocycles. The molecular formula is C20H19BrN2O5S2. The molecule has 2 atom stereocenters. The summed E-state index contributed by atoms with van der Waals surface area (Å²) in [6.07, 6.45) is 0. The normalized spacial score (nSPS) is 23.4. The first kappa shape index (κ1) is 21.2. The summed E-state index contributed by atoms with van der Waals surface area (Å²) in [5.74, 6) is 0.653. The van der Waals surface area contributed by atoms with Gasteiger partial charge in [0.1, 0.15) is 0 Å². The number of halogens is 1. The number of methoxy groups -OCH3 is 2. The van der Waals surface area contributed by atoms with Gasteiger partial charge in [-0.25, -0.2) is 8.42 Å². The van der Waals surface area contributed by atoms with Gasteiger partial charge in [0.15, 0.2) is 26.5 Å². The predicted molar refractivity (Wildman–Crippen MR) is 122 cm³/mol. The van der Waals surface area contributed by atoms with Crippen LogP contribution >= 0.6 is 27.7 Å². The molecule has 0 unspecified atom stereocenters. The molecule has 2 heterocycles. The second kappa shape index (κ2) is 8.24. The van der Waals surface area contributed by atoms with Gasteiger partial charge < -0.3 is 14.4 Å². The molecule has 2 saturated heterocycles. The van der Waals surface area contributed by atoms with Crippen molar-refractivity contribution in [1.29, 1.82) is 0 Å². The van der Waals surface area contributed by atoms with E-state index in [9.17, 15) is 13.2 Å². The Labute approximate surface area is 187 Å². The van der Waals surface area contributed by atoms with E-state index in [0.717, 1.165) is 10.2 Å². The number of benzene rings is 2. The lowest BCUT2D eigenvalue weighted by atomic mass is 10.2. The van der Waals surface area contributed by atoms with Gasteiger partial charge in [-0.3, -0.25) is 4.79 Å². The number of hydrogen-bond acceptors (Lipinski definition) is 6. The van der Waals surface area contributed by atoms with Crippen molar-refractivity contribution in [3.05, 3.63) is 52.5 Å². The molecule has 4 rings (SSSR count). The third-order valence-electron chi connectivity index (χ3n) is 4.98. The first-order chi connectivity index (χ1) is 14.3. The average molecular weight is 511 g/mol. The quantitative estimate of drug-likeness (QED) is 0.622. The van der Waals surface area contributed by atoms with Gasteiger partial charge >= 0.3 is 0 Å². The molecule has 2 aliphatic rings. The largest absolute Gasteiger partial charge is 0.493 e. The minimum absolute atomic E-state index is 0.0424. The molecule has 0 radical (unpaired) electrons. The zero-order chi connectivity index (χ0) is 21.5. The molecule has 0 spiro atoms. The maximum atomic E-state index is 12.9. The van der Waals surface area contributed by atoms with Crippen LogP contribution in [-0.4, -0.2) is 56.5 Å². The molecular weight excluding hydrogens is 492 g/mol. The number of sulfone groups is 1. The Bertz CT molecular complexity index is 1140. The Morgan fingerprint density at radius 1 is 1.13 bits per heavy atom. The van der Waals surface area contributed by atoms with E-state index in [4.69, 9.17) is 9.47 Å². The number of carbonyl (C=O) groups excluding carboxylic acids is 1. The van der Waals surface area contributed by atoms with Crippen LogP contribution in [0, 0.1) is 0 Å². The summed E-state index contributed by atoms with van der Waals surface area (Å²) in [7, 11) is -0.0952. The minimum Gasteiger partial charge on any atom is -0.493 e. The molecule has 2 aliphatic heterocycles. The van der Waals surface area contributed by atoms with Gasteiger partial charge in [0.25, 0.3) is 5.91 Å². The summed E-state index contributed by atoms with van der Waals surface area (Å²) in [4.78, 5) is 19.1. The molecule has 10 heteroatoms. The number of carbonyl (C=O) groups is 1. The van der Waals surface area contributed by atoms with Crippen molar-refractivity contribution in [2.75, 3.05) is 30.6 Å². The maximum Gasteiger partial charge on any atom is 0.279 e. The smallest absolute Gasteiger partial charge is 0.279 e. The minimum atomic E-state index is -3.12. The van der Waals surface area contributed by atoms with Crippen molar-refractivity contribution in [2.45, 2.75) is 11.3 Å². The van der Waals surface area contributed by atoms with Gasteiger partial charge in [0.05, 0.1) is 31.8 Å². The van der Waals surface area contributed by atoms with Crippen LogP contribution in [0.15, 0.2) is 51.9 Å². The number of anilines is 1. The fraction of sp³-hybridized carbons (Fsp3) is 0.300. The fourth-order valence-electron chi connectivity index (χ4n) is 3.61. The van der Waals surface area contributed by atoms with E-state index in [0.29, 0.717) is 22.2 Å². The molecule has 0 bridgehead atoms. The average Bonchev–Trinajstić information content (AvgIpc) is 3.17. The third kappa shape index (κ3) is 4.08. The highest BCUT2D eigenvalue weighted by Crippen LogP contribution is 2.41. The SMILES string of the molecule is COc1ccc(C(=O)N=C2S[C@H]3CS(=O)(=O)C[C@@H]3N2c2cccc(Br)c2)cc1OC. The van der Waals surface area contributed by atoms with Gasteiger partial charge in [-0.1, -0.05) is 33.8 Å². The Morgan fingerprint density at radius 2 is 1.90 bits per heavy atom. The molecule has 1 amide bonds. The lowest BCUT2D eigenvalue weighted by Gasteiger charge is -2.24. The van der Waals surface area contributed by atoms with Crippen LogP contribution < -0.4 is 14.4 Å². The van der Waals surface area contributed by atoms with Crippen molar-refractivity contribution >= 4 is 54.3 Å². The van der Waals surface area contributed by atoms with E-state index >= 15 is 0 Å². The van der Waals surface area contributed by atoms with E-state index < -0.39 is 15.7 Å². The van der Waals surface area contributed by atoms with E-state index in [-0.39, 0.29) is 22.8 Å². The van der Waals surface area contributed by atoms with Crippen LogP contribution in [0.5, 0.6) is 11.5 Å². The third-order valence-corrected chi connectivity index (χ3v) is 8.68. The summed E-state index contributed by atoms with van der Waals surface area (Å²) >= 11 is 4.79. The van der Waals surface area contributed by atoms with Crippen molar-refractivity contribution < 1.29 is 22.7 Å². The molecule has 0 aliphatic carbocycles. The second-order valence-electron chi connectivity index (χ2n) is 6.92. The lowest BCUT2D eigenvalue weighted by molar-refractivity contribution is 0.100. The molecule has 30 heavy (non-hydrogen) atoms. The Morgan fingerprint density at radius 3 is 2.60 bits per heavy atom. The topological polar surface area (TPSA) is 85.3 Å². The number of amidine groups is 1. The van der Waals surface area contributed by atoms with Crippen LogP contribution in [0.25, 0.3) is 0 Å². The number of fused-ring (bicyclic) bond motifs is 1. The molecule has 2 fully saturated rings. The number of thioether (sulfide) groups is 1. The van der Waals surface area contributed by atoms with Crippen LogP contribution in [0.4, 0.5) is 5.69 Å². The molecule has 0 N–H and O–H groups in total. The predicted octanol–water partition coefficient (Wildman–Crippen LogP) is 3.38. The van der Waals surface area contributed by atoms with E-state index in [1.165, 1.54) is 26.0 Å². The Kier molecular flexibility index (Phi) is 5.82. The Balaban J connectivity index is 1.71. The van der Waals surface area contributed by atoms with Crippen LogP contribution in [0.2, 0.25) is 0 Å². The van der Waals surface area contributed by atoms with Crippen molar-refractivity contribution in [3.63, 3.8) is 0 Å². The summed E-state index contributed by atoms with van der Waals surface area (Å²) in [5.41, 5.74) is 1.15. The second-order valence-corrected chi connectivity index (χ2v) is 11.2. The van der Waals surface area contributed by atoms with Crippen LogP contribution in [0.3, 0.4) is 0 Å². The summed E-state index contributed by atoms with van der Waals surface area (Å²) in [5, 5.41) is 0.337. The van der Waals surface area contributed by atoms with E-state index in [1.54, 1.807) is 18.2 Å². The molecule has 0 aromatic heterocycles. The molecule has 2 aromatic rings. The number of aliphatic imine (C=N–C) groups is 1. The molecule has 7 nitrogen and oxygen atoms in total. The number of nitrogens with zero attached hydrogens (tertiary/aromatic N) is 2. The number of hydrogen-bond donors (Lipinski definition) is 0. The summed E-state index contributed by atoms with van der Waals surface area (Å²) < 4.78 is 35.7. The highest BCUT2D eigenvalue weighted by Gasteiger charge is 2.49. The summed E-state index contributed by atoms with van der Waals surface area (Å²) in [6.45, 7) is 0. The highest BCUT2D eigenvalue weighted by molar-refractivity contribution is 9.10. The first-order valence-corrected chi connectivity index (χ1v) is 12.6.